The Kier molecular flexibility index (Phi) is 5.44. The molecule has 0 rings (SSSR count). The zero-order valence-electron chi connectivity index (χ0n) is 8.93. The van der Waals surface area contributed by atoms with Gasteiger partial charge in [0.1, 0.15) is 6.61 Å². The van der Waals surface area contributed by atoms with Gasteiger partial charge in [-0.1, -0.05) is 32.4 Å². The first-order valence-electron chi connectivity index (χ1n) is 4.82. The molecule has 0 saturated carbocycles. The van der Waals surface area contributed by atoms with E-state index in [2.05, 4.69) is 13.5 Å². The van der Waals surface area contributed by atoms with E-state index in [0.717, 1.165) is 19.3 Å². The molecule has 0 unspecified atom stereocenters. The summed E-state index contributed by atoms with van der Waals surface area (Å²) in [5.74, 6) is -0.124. The molecule has 0 N–H and O–H groups in total. The average molecular weight is 184 g/mol. The number of rotatable bonds is 6. The quantitative estimate of drug-likeness (QED) is 0.468. The van der Waals surface area contributed by atoms with Gasteiger partial charge >= 0.3 is 5.97 Å². The molecule has 0 saturated heterocycles. The van der Waals surface area contributed by atoms with Crippen molar-refractivity contribution >= 4 is 5.97 Å². The minimum Gasteiger partial charge on any atom is -0.461 e. The molecule has 0 spiro atoms. The van der Waals surface area contributed by atoms with E-state index in [1.54, 1.807) is 6.08 Å². The van der Waals surface area contributed by atoms with Gasteiger partial charge in [-0.2, -0.15) is 0 Å². The molecule has 0 heterocycles. The van der Waals surface area contributed by atoms with E-state index in [1.807, 2.05) is 13.8 Å². The van der Waals surface area contributed by atoms with Gasteiger partial charge in [0.25, 0.3) is 0 Å². The van der Waals surface area contributed by atoms with Crippen molar-refractivity contribution in [2.45, 2.75) is 40.0 Å². The van der Waals surface area contributed by atoms with E-state index in [-0.39, 0.29) is 11.4 Å². The lowest BCUT2D eigenvalue weighted by molar-refractivity contribution is -0.153. The molecule has 0 atom stereocenters. The van der Waals surface area contributed by atoms with Crippen LogP contribution in [0.4, 0.5) is 0 Å². The lowest BCUT2D eigenvalue weighted by Gasteiger charge is -2.21. The highest BCUT2D eigenvalue weighted by molar-refractivity contribution is 5.75. The van der Waals surface area contributed by atoms with Crippen molar-refractivity contribution in [3.05, 3.63) is 12.7 Å². The van der Waals surface area contributed by atoms with Crippen LogP contribution in [0.3, 0.4) is 0 Å². The normalized spacial score (nSPS) is 11.0. The third-order valence-electron chi connectivity index (χ3n) is 2.04. The number of hydrogen-bond donors (Lipinski definition) is 0. The molecule has 13 heavy (non-hydrogen) atoms. The molecule has 2 heteroatoms. The standard InChI is InChI=1S/C11H20O2/c1-5-7-8-11(3,4)10(12)13-9-6-2/h6H,2,5,7-9H2,1,3-4H3. The fraction of sp³-hybridized carbons (Fsp3) is 0.727. The van der Waals surface area contributed by atoms with Crippen molar-refractivity contribution in [3.8, 4) is 0 Å². The maximum Gasteiger partial charge on any atom is 0.311 e. The summed E-state index contributed by atoms with van der Waals surface area (Å²) in [6.07, 6.45) is 4.65. The van der Waals surface area contributed by atoms with Crippen molar-refractivity contribution in [2.24, 2.45) is 5.41 Å². The minimum absolute atomic E-state index is 0.124. The van der Waals surface area contributed by atoms with Crippen LogP contribution < -0.4 is 0 Å². The third kappa shape index (κ3) is 4.71. The van der Waals surface area contributed by atoms with Gasteiger partial charge in [-0.15, -0.1) is 0 Å². The number of carbonyl (C=O) groups excluding carboxylic acids is 1. The third-order valence-corrected chi connectivity index (χ3v) is 2.04. The number of carbonyl (C=O) groups is 1. The van der Waals surface area contributed by atoms with Crippen LogP contribution in [0.5, 0.6) is 0 Å². The largest absolute Gasteiger partial charge is 0.461 e. The van der Waals surface area contributed by atoms with Crippen molar-refractivity contribution in [3.63, 3.8) is 0 Å². The van der Waals surface area contributed by atoms with Gasteiger partial charge in [-0.3, -0.25) is 4.79 Å². The van der Waals surface area contributed by atoms with Gasteiger partial charge in [0.15, 0.2) is 0 Å². The zero-order valence-corrected chi connectivity index (χ0v) is 8.93. The number of hydrogen-bond acceptors (Lipinski definition) is 2. The van der Waals surface area contributed by atoms with Crippen LogP contribution in [0.2, 0.25) is 0 Å². The maximum atomic E-state index is 11.5. The Morgan fingerprint density at radius 2 is 2.15 bits per heavy atom. The van der Waals surface area contributed by atoms with Gasteiger partial charge in [-0.05, 0) is 20.3 Å². The first kappa shape index (κ1) is 12.2. The van der Waals surface area contributed by atoms with E-state index in [1.165, 1.54) is 0 Å². The predicted molar refractivity (Wildman–Crippen MR) is 54.5 cm³/mol. The number of esters is 1. The van der Waals surface area contributed by atoms with Crippen LogP contribution >= 0.6 is 0 Å². The van der Waals surface area contributed by atoms with E-state index in [4.69, 9.17) is 4.74 Å². The molecule has 0 aromatic carbocycles. The second-order valence-electron chi connectivity index (χ2n) is 3.87. The second kappa shape index (κ2) is 5.79. The first-order chi connectivity index (χ1) is 6.04. The van der Waals surface area contributed by atoms with E-state index >= 15 is 0 Å². The molecular formula is C11H20O2. The molecule has 2 nitrogen and oxygen atoms in total. The summed E-state index contributed by atoms with van der Waals surface area (Å²) in [4.78, 5) is 11.5. The molecule has 0 bridgehead atoms. The van der Waals surface area contributed by atoms with Gasteiger partial charge in [0.05, 0.1) is 5.41 Å². The van der Waals surface area contributed by atoms with Crippen LogP contribution in [0.15, 0.2) is 12.7 Å². The van der Waals surface area contributed by atoms with Gasteiger partial charge in [0.2, 0.25) is 0 Å². The highest BCUT2D eigenvalue weighted by atomic mass is 16.5. The first-order valence-corrected chi connectivity index (χ1v) is 4.82. The van der Waals surface area contributed by atoms with Crippen molar-refractivity contribution in [1.29, 1.82) is 0 Å². The second-order valence-corrected chi connectivity index (χ2v) is 3.87. The Balaban J connectivity index is 3.94. The smallest absolute Gasteiger partial charge is 0.311 e. The zero-order chi connectivity index (χ0) is 10.3. The summed E-state index contributed by atoms with van der Waals surface area (Å²) in [5.41, 5.74) is -0.348. The number of ether oxygens (including phenoxy) is 1. The van der Waals surface area contributed by atoms with Crippen molar-refractivity contribution in [1.82, 2.24) is 0 Å². The van der Waals surface area contributed by atoms with Crippen LogP contribution in [0, 0.1) is 5.41 Å². The molecule has 0 fully saturated rings. The van der Waals surface area contributed by atoms with Crippen LogP contribution in [0.25, 0.3) is 0 Å². The highest BCUT2D eigenvalue weighted by Crippen LogP contribution is 2.24. The topological polar surface area (TPSA) is 26.3 Å². The average Bonchev–Trinajstić information content (AvgIpc) is 2.10. The Labute approximate surface area is 81.0 Å². The molecule has 76 valence electrons. The Bertz CT molecular complexity index is 171. The Morgan fingerprint density at radius 3 is 2.62 bits per heavy atom. The minimum atomic E-state index is -0.348. The molecule has 0 aromatic heterocycles. The number of unbranched alkanes of at least 4 members (excludes halogenated alkanes) is 1. The van der Waals surface area contributed by atoms with E-state index in [0.29, 0.717) is 6.61 Å². The molecular weight excluding hydrogens is 164 g/mol. The fourth-order valence-electron chi connectivity index (χ4n) is 1.05. The monoisotopic (exact) mass is 184 g/mol. The van der Waals surface area contributed by atoms with E-state index < -0.39 is 0 Å². The summed E-state index contributed by atoms with van der Waals surface area (Å²) < 4.78 is 5.00. The van der Waals surface area contributed by atoms with Crippen LogP contribution in [0.1, 0.15) is 40.0 Å². The van der Waals surface area contributed by atoms with Crippen LogP contribution in [-0.4, -0.2) is 12.6 Å². The predicted octanol–water partition coefficient (Wildman–Crippen LogP) is 2.93. The molecule has 0 amide bonds. The molecule has 0 aliphatic heterocycles. The van der Waals surface area contributed by atoms with Gasteiger partial charge in [0, 0.05) is 0 Å². The maximum absolute atomic E-state index is 11.5. The highest BCUT2D eigenvalue weighted by Gasteiger charge is 2.27. The molecule has 0 aliphatic rings. The lowest BCUT2D eigenvalue weighted by Crippen LogP contribution is -2.26. The molecule has 0 radical (unpaired) electrons. The SMILES string of the molecule is C=CCOC(=O)C(C)(C)CCCC. The van der Waals surface area contributed by atoms with Gasteiger partial charge in [-0.25, -0.2) is 0 Å². The van der Waals surface area contributed by atoms with Gasteiger partial charge < -0.3 is 4.74 Å². The summed E-state index contributed by atoms with van der Waals surface area (Å²) in [7, 11) is 0. The van der Waals surface area contributed by atoms with Crippen molar-refractivity contribution < 1.29 is 9.53 Å². The summed E-state index contributed by atoms with van der Waals surface area (Å²) in [5, 5.41) is 0. The molecule has 0 aromatic rings. The summed E-state index contributed by atoms with van der Waals surface area (Å²) in [6.45, 7) is 9.78. The molecule has 0 aliphatic carbocycles. The summed E-state index contributed by atoms with van der Waals surface area (Å²) >= 11 is 0. The Hall–Kier alpha value is -0.790. The fourth-order valence-corrected chi connectivity index (χ4v) is 1.05. The Morgan fingerprint density at radius 1 is 1.54 bits per heavy atom. The lowest BCUT2D eigenvalue weighted by atomic mass is 9.87. The van der Waals surface area contributed by atoms with Crippen molar-refractivity contribution in [2.75, 3.05) is 6.61 Å². The van der Waals surface area contributed by atoms with E-state index in [9.17, 15) is 4.79 Å². The summed E-state index contributed by atoms with van der Waals surface area (Å²) in [6, 6.07) is 0. The van der Waals surface area contributed by atoms with Crippen LogP contribution in [-0.2, 0) is 9.53 Å².